The van der Waals surface area contributed by atoms with Crippen LogP contribution >= 0.6 is 11.6 Å². The smallest absolute Gasteiger partial charge is 0.145 e. The molecule has 0 aliphatic carbocycles. The van der Waals surface area contributed by atoms with Crippen molar-refractivity contribution in [2.24, 2.45) is 5.73 Å². The number of rotatable bonds is 3. The number of nitrogens with two attached hydrogens (primary N) is 1. The lowest BCUT2D eigenvalue weighted by Gasteiger charge is -2.13. The van der Waals surface area contributed by atoms with Gasteiger partial charge in [-0.25, -0.2) is 4.39 Å². The van der Waals surface area contributed by atoms with E-state index in [0.29, 0.717) is 12.1 Å². The first-order valence-electron chi connectivity index (χ1n) is 4.72. The molecule has 1 unspecified atom stereocenters. The number of benzene rings is 1. The van der Waals surface area contributed by atoms with Crippen LogP contribution in [0.5, 0.6) is 0 Å². The van der Waals surface area contributed by atoms with E-state index < -0.39 is 0 Å². The Labute approximate surface area is 89.1 Å². The fourth-order valence-corrected chi connectivity index (χ4v) is 1.80. The minimum atomic E-state index is -0.307. The van der Waals surface area contributed by atoms with E-state index in [-0.39, 0.29) is 16.8 Å². The highest BCUT2D eigenvalue weighted by Gasteiger charge is 2.13. The summed E-state index contributed by atoms with van der Waals surface area (Å²) in [4.78, 5) is 0. The molecular formula is C11H15ClFN. The van der Waals surface area contributed by atoms with Crippen LogP contribution < -0.4 is 5.73 Å². The van der Waals surface area contributed by atoms with Crippen molar-refractivity contribution in [3.63, 3.8) is 0 Å². The molecule has 0 aliphatic heterocycles. The minimum Gasteiger partial charge on any atom is -0.330 e. The second-order valence-electron chi connectivity index (χ2n) is 3.63. The third kappa shape index (κ3) is 2.46. The van der Waals surface area contributed by atoms with Crippen molar-refractivity contribution in [1.29, 1.82) is 0 Å². The van der Waals surface area contributed by atoms with E-state index in [9.17, 15) is 4.39 Å². The van der Waals surface area contributed by atoms with E-state index in [1.165, 1.54) is 0 Å². The van der Waals surface area contributed by atoms with Crippen LogP contribution in [0.2, 0.25) is 5.02 Å². The average Bonchev–Trinajstić information content (AvgIpc) is 2.11. The Kier molecular flexibility index (Phi) is 3.90. The van der Waals surface area contributed by atoms with Crippen LogP contribution in [0.15, 0.2) is 12.1 Å². The summed E-state index contributed by atoms with van der Waals surface area (Å²) in [6, 6.07) is 3.47. The Bertz CT molecular complexity index is 325. The van der Waals surface area contributed by atoms with Gasteiger partial charge in [-0.2, -0.15) is 0 Å². The molecule has 0 spiro atoms. The fraction of sp³-hybridized carbons (Fsp3) is 0.455. The van der Waals surface area contributed by atoms with Crippen LogP contribution in [0.3, 0.4) is 0 Å². The minimum absolute atomic E-state index is 0.123. The van der Waals surface area contributed by atoms with Crippen molar-refractivity contribution >= 4 is 11.6 Å². The maximum absolute atomic E-state index is 13.6. The first-order chi connectivity index (χ1) is 6.56. The second kappa shape index (κ2) is 4.76. The summed E-state index contributed by atoms with van der Waals surface area (Å²) in [5.74, 6) is -0.185. The zero-order valence-corrected chi connectivity index (χ0v) is 9.24. The largest absolute Gasteiger partial charge is 0.330 e. The van der Waals surface area contributed by atoms with Crippen LogP contribution in [0.4, 0.5) is 4.39 Å². The highest BCUT2D eigenvalue weighted by molar-refractivity contribution is 6.30. The molecule has 2 N–H and O–H groups in total. The number of hydrogen-bond acceptors (Lipinski definition) is 1. The van der Waals surface area contributed by atoms with Crippen molar-refractivity contribution in [2.75, 3.05) is 6.54 Å². The van der Waals surface area contributed by atoms with Gasteiger partial charge in [-0.3, -0.25) is 0 Å². The lowest BCUT2D eigenvalue weighted by Crippen LogP contribution is -2.06. The third-order valence-electron chi connectivity index (χ3n) is 2.33. The van der Waals surface area contributed by atoms with Crippen LogP contribution in [0.1, 0.15) is 30.4 Å². The van der Waals surface area contributed by atoms with Crippen molar-refractivity contribution in [2.45, 2.75) is 26.2 Å². The van der Waals surface area contributed by atoms with E-state index in [4.69, 9.17) is 17.3 Å². The predicted molar refractivity (Wildman–Crippen MR) is 58.2 cm³/mol. The molecule has 0 radical (unpaired) electrons. The van der Waals surface area contributed by atoms with Gasteiger partial charge in [-0.05, 0) is 43.0 Å². The van der Waals surface area contributed by atoms with Gasteiger partial charge < -0.3 is 5.73 Å². The Hall–Kier alpha value is -0.600. The molecule has 1 aromatic carbocycles. The Morgan fingerprint density at radius 3 is 2.71 bits per heavy atom. The van der Waals surface area contributed by atoms with Gasteiger partial charge in [0.25, 0.3) is 0 Å². The predicted octanol–water partition coefficient (Wildman–Crippen LogP) is 3.24. The molecule has 0 saturated heterocycles. The van der Waals surface area contributed by atoms with Crippen molar-refractivity contribution in [3.05, 3.63) is 34.1 Å². The first-order valence-corrected chi connectivity index (χ1v) is 5.09. The summed E-state index contributed by atoms with van der Waals surface area (Å²) in [6.45, 7) is 4.43. The second-order valence-corrected chi connectivity index (χ2v) is 4.04. The molecule has 0 aromatic heterocycles. The van der Waals surface area contributed by atoms with Crippen LogP contribution in [0.25, 0.3) is 0 Å². The van der Waals surface area contributed by atoms with Crippen LogP contribution in [-0.2, 0) is 0 Å². The highest BCUT2D eigenvalue weighted by Crippen LogP contribution is 2.27. The molecule has 14 heavy (non-hydrogen) atoms. The van der Waals surface area contributed by atoms with E-state index in [1.807, 2.05) is 19.9 Å². The molecule has 1 nitrogen and oxygen atoms in total. The molecule has 1 atom stereocenters. The summed E-state index contributed by atoms with van der Waals surface area (Å²) in [5.41, 5.74) is 7.09. The summed E-state index contributed by atoms with van der Waals surface area (Å²) < 4.78 is 13.6. The normalized spacial score (nSPS) is 12.9. The number of aryl methyl sites for hydroxylation is 1. The summed E-state index contributed by atoms with van der Waals surface area (Å²) in [7, 11) is 0. The molecule has 0 heterocycles. The summed E-state index contributed by atoms with van der Waals surface area (Å²) in [6.07, 6.45) is 0.775. The summed E-state index contributed by atoms with van der Waals surface area (Å²) >= 11 is 5.76. The van der Waals surface area contributed by atoms with Gasteiger partial charge in [-0.15, -0.1) is 0 Å². The Balaban J connectivity index is 3.07. The SMILES string of the molecule is Cc1cc(Cl)c(F)c(C(C)CCN)c1. The van der Waals surface area contributed by atoms with Gasteiger partial charge in [0.15, 0.2) is 0 Å². The third-order valence-corrected chi connectivity index (χ3v) is 2.61. The van der Waals surface area contributed by atoms with Crippen molar-refractivity contribution in [3.8, 4) is 0 Å². The maximum Gasteiger partial charge on any atom is 0.145 e. The molecule has 0 fully saturated rings. The van der Waals surface area contributed by atoms with Crippen molar-refractivity contribution < 1.29 is 4.39 Å². The van der Waals surface area contributed by atoms with Gasteiger partial charge >= 0.3 is 0 Å². The van der Waals surface area contributed by atoms with Crippen LogP contribution in [-0.4, -0.2) is 6.54 Å². The summed E-state index contributed by atoms with van der Waals surface area (Å²) in [5, 5.41) is 0.198. The quantitative estimate of drug-likeness (QED) is 0.823. The topological polar surface area (TPSA) is 26.0 Å². The lowest BCUT2D eigenvalue weighted by atomic mass is 9.96. The number of hydrogen-bond donors (Lipinski definition) is 1. The molecule has 3 heteroatoms. The van der Waals surface area contributed by atoms with E-state index in [2.05, 4.69) is 0 Å². The Morgan fingerprint density at radius 2 is 2.14 bits per heavy atom. The van der Waals surface area contributed by atoms with Gasteiger partial charge in [0.2, 0.25) is 0 Å². The first kappa shape index (κ1) is 11.5. The fourth-order valence-electron chi connectivity index (χ4n) is 1.52. The molecule has 0 aliphatic rings. The van der Waals surface area contributed by atoms with E-state index >= 15 is 0 Å². The molecule has 0 amide bonds. The van der Waals surface area contributed by atoms with Gasteiger partial charge in [0.1, 0.15) is 5.82 Å². The monoisotopic (exact) mass is 215 g/mol. The zero-order chi connectivity index (χ0) is 10.7. The van der Waals surface area contributed by atoms with Crippen LogP contribution in [0, 0.1) is 12.7 Å². The lowest BCUT2D eigenvalue weighted by molar-refractivity contribution is 0.577. The van der Waals surface area contributed by atoms with Crippen molar-refractivity contribution in [1.82, 2.24) is 0 Å². The molecule has 1 aromatic rings. The molecule has 0 saturated carbocycles. The molecular weight excluding hydrogens is 201 g/mol. The average molecular weight is 216 g/mol. The molecule has 1 rings (SSSR count). The van der Waals surface area contributed by atoms with E-state index in [1.54, 1.807) is 6.07 Å². The maximum atomic E-state index is 13.6. The van der Waals surface area contributed by atoms with Gasteiger partial charge in [-0.1, -0.05) is 24.6 Å². The Morgan fingerprint density at radius 1 is 1.50 bits per heavy atom. The number of halogens is 2. The standard InChI is InChI=1S/C11H15ClFN/c1-7-5-9(8(2)3-4-14)11(13)10(12)6-7/h5-6,8H,3-4,14H2,1-2H3. The zero-order valence-electron chi connectivity index (χ0n) is 8.48. The molecule has 0 bridgehead atoms. The van der Waals surface area contributed by atoms with E-state index in [0.717, 1.165) is 12.0 Å². The van der Waals surface area contributed by atoms with Gasteiger partial charge in [0.05, 0.1) is 5.02 Å². The molecule has 78 valence electrons. The highest BCUT2D eigenvalue weighted by atomic mass is 35.5. The van der Waals surface area contributed by atoms with Gasteiger partial charge in [0, 0.05) is 0 Å².